The Bertz CT molecular complexity index is 655. The van der Waals surface area contributed by atoms with Gasteiger partial charge in [-0.1, -0.05) is 37.3 Å². The lowest BCUT2D eigenvalue weighted by Crippen LogP contribution is -2.34. The van der Waals surface area contributed by atoms with Crippen LogP contribution in [0.5, 0.6) is 0 Å². The lowest BCUT2D eigenvalue weighted by Gasteiger charge is -2.17. The number of nitrogens with one attached hydrogen (secondary N) is 1. The predicted octanol–water partition coefficient (Wildman–Crippen LogP) is 2.46. The fourth-order valence-corrected chi connectivity index (χ4v) is 3.96. The van der Waals surface area contributed by atoms with Gasteiger partial charge >= 0.3 is 0 Å². The quantitative estimate of drug-likeness (QED) is 0.856. The van der Waals surface area contributed by atoms with Crippen LogP contribution in [-0.4, -0.2) is 29.9 Å². The van der Waals surface area contributed by atoms with E-state index in [-0.39, 0.29) is 5.91 Å². The number of amides is 1. The van der Waals surface area contributed by atoms with E-state index >= 15 is 0 Å². The Morgan fingerprint density at radius 2 is 2.13 bits per heavy atom. The van der Waals surface area contributed by atoms with Gasteiger partial charge in [0.15, 0.2) is 0 Å². The van der Waals surface area contributed by atoms with Gasteiger partial charge in [0.25, 0.3) is 0 Å². The fraction of sp³-hybridized carbons (Fsp3) is 0.389. The second kappa shape index (κ2) is 7.25. The number of thiophene rings is 1. The van der Waals surface area contributed by atoms with E-state index in [4.69, 9.17) is 5.73 Å². The van der Waals surface area contributed by atoms with Crippen molar-refractivity contribution in [1.82, 2.24) is 10.2 Å². The molecule has 0 unspecified atom stereocenters. The summed E-state index contributed by atoms with van der Waals surface area (Å²) in [7, 11) is 0. The summed E-state index contributed by atoms with van der Waals surface area (Å²) < 4.78 is 0. The van der Waals surface area contributed by atoms with Crippen LogP contribution in [0.1, 0.15) is 27.7 Å². The lowest BCUT2D eigenvalue weighted by molar-refractivity contribution is 0.100. The molecule has 1 aliphatic rings. The molecule has 0 bridgehead atoms. The second-order valence-corrected chi connectivity index (χ2v) is 7.31. The zero-order chi connectivity index (χ0) is 16.2. The Kier molecular flexibility index (Phi) is 5.10. The molecule has 1 amide bonds. The van der Waals surface area contributed by atoms with Crippen molar-refractivity contribution in [2.75, 3.05) is 13.1 Å². The first kappa shape index (κ1) is 16.2. The molecule has 1 aliphatic heterocycles. The minimum atomic E-state index is -0.351. The molecule has 0 aliphatic carbocycles. The number of hydrogen-bond acceptors (Lipinski definition) is 4. The third kappa shape index (κ3) is 4.19. The van der Waals surface area contributed by atoms with Gasteiger partial charge in [0.2, 0.25) is 5.91 Å². The summed E-state index contributed by atoms with van der Waals surface area (Å²) in [5.41, 5.74) is 7.27. The van der Waals surface area contributed by atoms with Crippen LogP contribution in [0.2, 0.25) is 0 Å². The highest BCUT2D eigenvalue weighted by atomic mass is 32.1. The summed E-state index contributed by atoms with van der Waals surface area (Å²) in [5, 5.41) is 5.46. The average Bonchev–Trinajstić information content (AvgIpc) is 3.13. The zero-order valence-corrected chi connectivity index (χ0v) is 14.2. The molecule has 122 valence electrons. The van der Waals surface area contributed by atoms with Crippen molar-refractivity contribution in [1.29, 1.82) is 0 Å². The molecule has 1 saturated heterocycles. The summed E-state index contributed by atoms with van der Waals surface area (Å²) in [6.45, 7) is 6.28. The van der Waals surface area contributed by atoms with Crippen LogP contribution in [-0.2, 0) is 13.1 Å². The first-order chi connectivity index (χ1) is 11.1. The van der Waals surface area contributed by atoms with E-state index in [1.807, 2.05) is 11.4 Å². The Hall–Kier alpha value is -1.69. The summed E-state index contributed by atoms with van der Waals surface area (Å²) in [6, 6.07) is 13.0. The largest absolute Gasteiger partial charge is 0.366 e. The maximum atomic E-state index is 11.1. The van der Waals surface area contributed by atoms with Gasteiger partial charge in [-0.15, -0.1) is 11.3 Å². The van der Waals surface area contributed by atoms with E-state index in [0.29, 0.717) is 17.5 Å². The number of carbonyl (C=O) groups is 1. The predicted molar refractivity (Wildman–Crippen MR) is 94.3 cm³/mol. The number of primary amides is 1. The number of nitrogens with two attached hydrogens (primary N) is 1. The number of rotatable bonds is 6. The summed E-state index contributed by atoms with van der Waals surface area (Å²) in [6.07, 6.45) is 0. The van der Waals surface area contributed by atoms with Crippen molar-refractivity contribution in [2.45, 2.75) is 26.1 Å². The Morgan fingerprint density at radius 3 is 2.83 bits per heavy atom. The number of likely N-dealkylation sites (tertiary alicyclic amines) is 1. The molecule has 0 spiro atoms. The average molecular weight is 329 g/mol. The molecule has 2 aromatic rings. The molecule has 4 nitrogen and oxygen atoms in total. The van der Waals surface area contributed by atoms with E-state index < -0.39 is 0 Å². The normalized spacial score (nSPS) is 21.6. The van der Waals surface area contributed by atoms with Gasteiger partial charge in [-0.3, -0.25) is 9.69 Å². The van der Waals surface area contributed by atoms with E-state index in [0.717, 1.165) is 31.1 Å². The van der Waals surface area contributed by atoms with Crippen LogP contribution < -0.4 is 11.1 Å². The highest BCUT2D eigenvalue weighted by Crippen LogP contribution is 2.20. The van der Waals surface area contributed by atoms with Crippen molar-refractivity contribution in [3.63, 3.8) is 0 Å². The monoisotopic (exact) mass is 329 g/mol. The number of hydrogen-bond donors (Lipinski definition) is 2. The van der Waals surface area contributed by atoms with E-state index in [1.54, 1.807) is 11.3 Å². The Labute approximate surface area is 141 Å². The van der Waals surface area contributed by atoms with Gasteiger partial charge in [0.1, 0.15) is 0 Å². The summed E-state index contributed by atoms with van der Waals surface area (Å²) in [5.74, 6) is 0.269. The van der Waals surface area contributed by atoms with Gasteiger partial charge in [-0.2, -0.15) is 0 Å². The topological polar surface area (TPSA) is 58.4 Å². The van der Waals surface area contributed by atoms with Crippen molar-refractivity contribution in [2.24, 2.45) is 11.7 Å². The maximum Gasteiger partial charge on any atom is 0.249 e. The van der Waals surface area contributed by atoms with Crippen molar-refractivity contribution < 1.29 is 4.79 Å². The second-order valence-electron chi connectivity index (χ2n) is 6.31. The molecular weight excluding hydrogens is 306 g/mol. The molecule has 3 rings (SSSR count). The van der Waals surface area contributed by atoms with Crippen molar-refractivity contribution in [3.8, 4) is 0 Å². The van der Waals surface area contributed by atoms with Crippen molar-refractivity contribution >= 4 is 17.2 Å². The molecule has 23 heavy (non-hydrogen) atoms. The van der Waals surface area contributed by atoms with Crippen LogP contribution in [0.15, 0.2) is 41.8 Å². The highest BCUT2D eigenvalue weighted by molar-refractivity contribution is 7.10. The minimum Gasteiger partial charge on any atom is -0.366 e. The van der Waals surface area contributed by atoms with Gasteiger partial charge in [-0.05, 0) is 17.5 Å². The summed E-state index contributed by atoms with van der Waals surface area (Å²) >= 11 is 1.59. The third-order valence-electron chi connectivity index (χ3n) is 4.41. The Morgan fingerprint density at radius 1 is 1.35 bits per heavy atom. The van der Waals surface area contributed by atoms with Gasteiger partial charge in [0, 0.05) is 42.5 Å². The molecule has 0 saturated carbocycles. The standard InChI is InChI=1S/C18H23N3OS/c1-13-9-21(10-14-5-3-2-4-6-14)11-17(13)20-8-16-7-15(12-23-16)18(19)22/h2-7,12-13,17,20H,8-11H2,1H3,(H2,19,22)/t13-,17+/m1/s1. The number of carbonyl (C=O) groups excluding carboxylic acids is 1. The molecule has 2 heterocycles. The van der Waals surface area contributed by atoms with Crippen LogP contribution in [0.3, 0.4) is 0 Å². The SMILES string of the molecule is C[C@@H]1CN(Cc2ccccc2)C[C@@H]1NCc1cc(C(N)=O)cs1. The molecule has 3 N–H and O–H groups in total. The first-order valence-corrected chi connectivity index (χ1v) is 8.86. The molecule has 1 aromatic carbocycles. The summed E-state index contributed by atoms with van der Waals surface area (Å²) in [4.78, 5) is 14.8. The van der Waals surface area contributed by atoms with Crippen LogP contribution in [0.4, 0.5) is 0 Å². The van der Waals surface area contributed by atoms with Gasteiger partial charge in [-0.25, -0.2) is 0 Å². The first-order valence-electron chi connectivity index (χ1n) is 7.98. The molecule has 5 heteroatoms. The molecule has 0 radical (unpaired) electrons. The highest BCUT2D eigenvalue weighted by Gasteiger charge is 2.29. The molecular formula is C18H23N3OS. The van der Waals surface area contributed by atoms with Crippen LogP contribution in [0.25, 0.3) is 0 Å². The molecule has 1 fully saturated rings. The smallest absolute Gasteiger partial charge is 0.249 e. The van der Waals surface area contributed by atoms with Crippen LogP contribution in [0, 0.1) is 5.92 Å². The third-order valence-corrected chi connectivity index (χ3v) is 5.35. The number of benzene rings is 1. The maximum absolute atomic E-state index is 11.1. The van der Waals surface area contributed by atoms with E-state index in [2.05, 4.69) is 47.5 Å². The zero-order valence-electron chi connectivity index (χ0n) is 13.4. The van der Waals surface area contributed by atoms with Crippen molar-refractivity contribution in [3.05, 3.63) is 57.8 Å². The minimum absolute atomic E-state index is 0.351. The number of nitrogens with zero attached hydrogens (tertiary/aromatic N) is 1. The van der Waals surface area contributed by atoms with Gasteiger partial charge < -0.3 is 11.1 Å². The lowest BCUT2D eigenvalue weighted by atomic mass is 10.1. The van der Waals surface area contributed by atoms with Gasteiger partial charge in [0.05, 0.1) is 5.56 Å². The van der Waals surface area contributed by atoms with Crippen LogP contribution >= 0.6 is 11.3 Å². The fourth-order valence-electron chi connectivity index (χ4n) is 3.14. The van der Waals surface area contributed by atoms with E-state index in [9.17, 15) is 4.79 Å². The molecule has 2 atom stereocenters. The van der Waals surface area contributed by atoms with E-state index in [1.165, 1.54) is 5.56 Å². The Balaban J connectivity index is 1.51. The molecule has 1 aromatic heterocycles.